The van der Waals surface area contributed by atoms with Crippen LogP contribution in [0.3, 0.4) is 0 Å². The number of allylic oxidation sites excluding steroid dienone is 7. The molecule has 4 rings (SSSR count). The Hall–Kier alpha value is -4.58. The summed E-state index contributed by atoms with van der Waals surface area (Å²) in [6.07, 6.45) is 14.9. The minimum absolute atomic E-state index is 0.0848. The summed E-state index contributed by atoms with van der Waals surface area (Å²) in [6.45, 7) is 18.4. The van der Waals surface area contributed by atoms with E-state index in [1.807, 2.05) is 115 Å². The largest absolute Gasteiger partial charge is 0.456 e. The zero-order valence-electron chi connectivity index (χ0n) is 45.2. The molecule has 3 heterocycles. The lowest BCUT2D eigenvalue weighted by Gasteiger charge is -2.43. The SMILES string of the molecule is CC[C@H]1[C@@H](O)[C@@H](C)[C@H](/C=C/C=C/C[C@H](CC(=O)/C=C/C(C)=C/C=C/[C@@H]2CO[C@@H](C)[C@](C)(O)[C@@H]2O)OC)O[C@@H]1C/C=C(\C)[C@@H](O)C[C@@H](OC)[C@H](C)C(=O)N[C@H](C(=O)N[C@@H]1C(=O)O[C@@H](c2ccccc2)[C@H]1C)C(C)C. The van der Waals surface area contributed by atoms with Gasteiger partial charge in [0.1, 0.15) is 23.8 Å². The Balaban J connectivity index is 1.27. The fourth-order valence-electron chi connectivity index (χ4n) is 9.68. The normalized spacial score (nSPS) is 31.5. The number of nitrogens with one attached hydrogen (secondary N) is 2. The molecule has 3 aliphatic heterocycles. The lowest BCUT2D eigenvalue weighted by atomic mass is 9.79. The molecule has 15 nitrogen and oxygen atoms in total. The highest BCUT2D eigenvalue weighted by Crippen LogP contribution is 2.37. The Morgan fingerprint density at radius 1 is 0.945 bits per heavy atom. The highest BCUT2D eigenvalue weighted by Gasteiger charge is 2.46. The lowest BCUT2D eigenvalue weighted by molar-refractivity contribution is -0.203. The Bertz CT molecular complexity index is 2130. The third-order valence-electron chi connectivity index (χ3n) is 15.2. The van der Waals surface area contributed by atoms with Gasteiger partial charge in [-0.3, -0.25) is 14.4 Å². The van der Waals surface area contributed by atoms with E-state index in [4.69, 9.17) is 23.7 Å². The van der Waals surface area contributed by atoms with Crippen molar-refractivity contribution in [1.29, 1.82) is 0 Å². The van der Waals surface area contributed by atoms with Gasteiger partial charge in [-0.15, -0.1) is 0 Å². The number of methoxy groups -OCH3 is 2. The summed E-state index contributed by atoms with van der Waals surface area (Å²) in [6, 6.07) is 7.54. The van der Waals surface area contributed by atoms with E-state index in [-0.39, 0.29) is 66.5 Å². The highest BCUT2D eigenvalue weighted by atomic mass is 16.6. The topological polar surface area (TPSA) is 219 Å². The smallest absolute Gasteiger partial charge is 0.329 e. The van der Waals surface area contributed by atoms with Crippen LogP contribution >= 0.6 is 0 Å². The quantitative estimate of drug-likeness (QED) is 0.0259. The lowest BCUT2D eigenvalue weighted by Crippen LogP contribution is -2.57. The van der Waals surface area contributed by atoms with Crippen molar-refractivity contribution in [2.75, 3.05) is 20.8 Å². The molecule has 15 heteroatoms. The van der Waals surface area contributed by atoms with E-state index >= 15 is 0 Å². The van der Waals surface area contributed by atoms with Crippen molar-refractivity contribution in [1.82, 2.24) is 10.6 Å². The second-order valence-corrected chi connectivity index (χ2v) is 20.9. The van der Waals surface area contributed by atoms with E-state index in [0.717, 1.165) is 11.1 Å². The van der Waals surface area contributed by atoms with E-state index in [1.54, 1.807) is 46.1 Å². The van der Waals surface area contributed by atoms with E-state index in [1.165, 1.54) is 13.2 Å². The molecule has 3 saturated heterocycles. The van der Waals surface area contributed by atoms with E-state index in [9.17, 15) is 39.6 Å². The van der Waals surface area contributed by atoms with E-state index < -0.39 is 78.0 Å². The average Bonchev–Trinajstić information content (AvgIpc) is 3.64. The molecule has 3 aliphatic rings. The van der Waals surface area contributed by atoms with Crippen molar-refractivity contribution < 1.29 is 63.3 Å². The number of amides is 2. The molecule has 3 fully saturated rings. The molecule has 0 saturated carbocycles. The first-order valence-corrected chi connectivity index (χ1v) is 26.1. The van der Waals surface area contributed by atoms with Gasteiger partial charge in [0.2, 0.25) is 11.8 Å². The second kappa shape index (κ2) is 28.9. The Morgan fingerprint density at radius 2 is 1.64 bits per heavy atom. The van der Waals surface area contributed by atoms with Gasteiger partial charge in [-0.25, -0.2) is 4.79 Å². The van der Waals surface area contributed by atoms with Gasteiger partial charge in [-0.2, -0.15) is 0 Å². The first-order chi connectivity index (χ1) is 34.5. The number of hydrogen-bond donors (Lipinski definition) is 6. The summed E-state index contributed by atoms with van der Waals surface area (Å²) in [5.41, 5.74) is 0.999. The number of ketones is 1. The Morgan fingerprint density at radius 3 is 2.29 bits per heavy atom. The van der Waals surface area contributed by atoms with Gasteiger partial charge in [0.15, 0.2) is 5.78 Å². The maximum atomic E-state index is 13.7. The van der Waals surface area contributed by atoms with Gasteiger partial charge in [-0.1, -0.05) is 132 Å². The molecule has 0 bridgehead atoms. The maximum absolute atomic E-state index is 13.7. The van der Waals surface area contributed by atoms with Crippen molar-refractivity contribution in [3.8, 4) is 0 Å². The molecule has 0 aliphatic carbocycles. The van der Waals surface area contributed by atoms with Crippen molar-refractivity contribution in [3.05, 3.63) is 108 Å². The third kappa shape index (κ3) is 17.0. The Kier molecular flexibility index (Phi) is 24.2. The van der Waals surface area contributed by atoms with Crippen LogP contribution in [0.4, 0.5) is 0 Å². The summed E-state index contributed by atoms with van der Waals surface area (Å²) >= 11 is 0. The summed E-state index contributed by atoms with van der Waals surface area (Å²) in [7, 11) is 3.05. The number of cyclic esters (lactones) is 1. The molecule has 1 aromatic rings. The maximum Gasteiger partial charge on any atom is 0.329 e. The van der Waals surface area contributed by atoms with Crippen molar-refractivity contribution in [2.45, 2.75) is 174 Å². The summed E-state index contributed by atoms with van der Waals surface area (Å²) in [5, 5.41) is 49.6. The molecule has 73 heavy (non-hydrogen) atoms. The minimum Gasteiger partial charge on any atom is -0.456 e. The zero-order valence-corrected chi connectivity index (χ0v) is 45.2. The summed E-state index contributed by atoms with van der Waals surface area (Å²) in [5.74, 6) is -3.59. The van der Waals surface area contributed by atoms with Crippen LogP contribution in [-0.2, 0) is 42.9 Å². The summed E-state index contributed by atoms with van der Waals surface area (Å²) in [4.78, 5) is 53.0. The molecule has 0 radical (unpaired) electrons. The average molecular weight is 1020 g/mol. The number of benzene rings is 1. The molecule has 0 spiro atoms. The van der Waals surface area contributed by atoms with Gasteiger partial charge in [0.05, 0.1) is 61.4 Å². The molecule has 0 unspecified atom stereocenters. The molecule has 406 valence electrons. The van der Waals surface area contributed by atoms with Gasteiger partial charge < -0.3 is 54.7 Å². The molecular formula is C58H86N2O13. The monoisotopic (exact) mass is 1020 g/mol. The number of esters is 1. The van der Waals surface area contributed by atoms with Crippen molar-refractivity contribution >= 4 is 23.6 Å². The van der Waals surface area contributed by atoms with Crippen LogP contribution in [0.5, 0.6) is 0 Å². The molecule has 2 amide bonds. The number of ether oxygens (including phenoxy) is 5. The number of rotatable bonds is 25. The number of carbonyl (C=O) groups excluding carboxylic acids is 4. The van der Waals surface area contributed by atoms with Crippen molar-refractivity contribution in [3.63, 3.8) is 0 Å². The standard InChI is InChI=1S/C58H86N2O13/c1-13-45-48(72-47(37(6)52(45)63)26-19-15-18-25-44(69-11)31-43(61)29-27-35(4)21-20-24-42-33-71-40(9)58(10,68)54(42)64)30-28-36(5)46(62)32-49(70-12)38(7)55(65)59-50(34(2)3)56(66)60-51-39(8)53(73-57(51)67)41-22-16-14-17-23-41/h14-24,26-29,34,37-40,42,44-54,62-64,68H,13,25,30-33H2,1-12H3,(H,59,65)(H,60,66)/b18-15+,24-20+,26-19+,29-27+,35-21+,36-28+/t37-,38-,39-,40-,42+,44+,45+,46-,47-,48+,49+,50-,51-,52-,53+,54+,58-/m0/s1. The minimum atomic E-state index is -1.35. The molecule has 1 aromatic carbocycles. The van der Waals surface area contributed by atoms with E-state index in [0.29, 0.717) is 31.4 Å². The molecule has 0 aromatic heterocycles. The van der Waals surface area contributed by atoms with Gasteiger partial charge in [0, 0.05) is 50.7 Å². The van der Waals surface area contributed by atoms with Crippen molar-refractivity contribution in [2.24, 2.45) is 35.5 Å². The summed E-state index contributed by atoms with van der Waals surface area (Å²) < 4.78 is 29.2. The van der Waals surface area contributed by atoms with Crippen LogP contribution in [0.25, 0.3) is 0 Å². The first kappa shape index (κ1) is 61.0. The molecule has 17 atom stereocenters. The fourth-order valence-corrected chi connectivity index (χ4v) is 9.68. The predicted octanol–water partition coefficient (Wildman–Crippen LogP) is 6.76. The number of carbonyl (C=O) groups is 4. The highest BCUT2D eigenvalue weighted by molar-refractivity contribution is 5.92. The predicted molar refractivity (Wildman–Crippen MR) is 281 cm³/mol. The number of aliphatic hydroxyl groups excluding tert-OH is 3. The van der Waals surface area contributed by atoms with Crippen LogP contribution in [0.2, 0.25) is 0 Å². The van der Waals surface area contributed by atoms with Crippen LogP contribution in [0.1, 0.15) is 113 Å². The fraction of sp³-hybridized carbons (Fsp3) is 0.621. The first-order valence-electron chi connectivity index (χ1n) is 26.1. The van der Waals surface area contributed by atoms with Crippen LogP contribution < -0.4 is 10.6 Å². The van der Waals surface area contributed by atoms with Gasteiger partial charge in [-0.05, 0) is 70.1 Å². The van der Waals surface area contributed by atoms with Gasteiger partial charge in [0.25, 0.3) is 0 Å². The van der Waals surface area contributed by atoms with Gasteiger partial charge >= 0.3 is 5.97 Å². The third-order valence-corrected chi connectivity index (χ3v) is 15.2. The Labute approximate surface area is 434 Å². The van der Waals surface area contributed by atoms with Crippen LogP contribution in [-0.4, -0.2) is 131 Å². The molecule has 6 N–H and O–H groups in total. The molecular weight excluding hydrogens is 933 g/mol. The van der Waals surface area contributed by atoms with E-state index in [2.05, 4.69) is 10.6 Å². The van der Waals surface area contributed by atoms with Crippen LogP contribution in [0, 0.1) is 35.5 Å². The second-order valence-electron chi connectivity index (χ2n) is 20.9. The number of aliphatic hydroxyl groups is 4. The van der Waals surface area contributed by atoms with Crippen LogP contribution in [0.15, 0.2) is 102 Å². The zero-order chi connectivity index (χ0) is 54.2. The number of hydrogen-bond acceptors (Lipinski definition) is 13.